The van der Waals surface area contributed by atoms with Gasteiger partial charge in [0, 0.05) is 23.6 Å². The molecule has 5 nitrogen and oxygen atoms in total. The van der Waals surface area contributed by atoms with E-state index in [4.69, 9.17) is 9.47 Å². The molecule has 6 heteroatoms. The number of Topliss-reactive ketones (excluding diaryl/α,β-unsaturated/α-hetero) is 1. The molecule has 0 heterocycles. The van der Waals surface area contributed by atoms with Crippen molar-refractivity contribution in [3.05, 3.63) is 65.5 Å². The highest BCUT2D eigenvalue weighted by Gasteiger charge is 2.18. The van der Waals surface area contributed by atoms with E-state index in [0.29, 0.717) is 29.7 Å². The second-order valence-electron chi connectivity index (χ2n) is 7.91. The van der Waals surface area contributed by atoms with Crippen molar-refractivity contribution in [3.63, 3.8) is 0 Å². The van der Waals surface area contributed by atoms with E-state index in [1.54, 1.807) is 63.2 Å². The zero-order chi connectivity index (χ0) is 21.4. The first-order valence-corrected chi connectivity index (χ1v) is 9.63. The van der Waals surface area contributed by atoms with Gasteiger partial charge in [0.2, 0.25) is 0 Å². The van der Waals surface area contributed by atoms with Crippen molar-refractivity contribution in [3.8, 4) is 5.75 Å². The van der Waals surface area contributed by atoms with Gasteiger partial charge in [-0.25, -0.2) is 9.18 Å². The topological polar surface area (TPSA) is 64.6 Å². The van der Waals surface area contributed by atoms with Gasteiger partial charge in [0.25, 0.3) is 0 Å². The van der Waals surface area contributed by atoms with Crippen LogP contribution < -0.4 is 10.1 Å². The van der Waals surface area contributed by atoms with Crippen LogP contribution in [0.15, 0.2) is 48.5 Å². The number of amides is 1. The van der Waals surface area contributed by atoms with Crippen LogP contribution >= 0.6 is 0 Å². The summed E-state index contributed by atoms with van der Waals surface area (Å²) in [6.07, 6.45) is 0.310. The van der Waals surface area contributed by atoms with Crippen LogP contribution in [0.3, 0.4) is 0 Å². The zero-order valence-corrected chi connectivity index (χ0v) is 17.3. The Morgan fingerprint density at radius 2 is 1.72 bits per heavy atom. The Morgan fingerprint density at radius 3 is 2.34 bits per heavy atom. The first kappa shape index (κ1) is 22.4. The van der Waals surface area contributed by atoms with Crippen molar-refractivity contribution >= 4 is 11.9 Å². The molecule has 0 bridgehead atoms. The van der Waals surface area contributed by atoms with Crippen LogP contribution in [0.5, 0.6) is 5.75 Å². The fourth-order valence-electron chi connectivity index (χ4n) is 2.59. The molecule has 0 fully saturated rings. The molecule has 2 aromatic rings. The molecule has 0 unspecified atom stereocenters. The number of benzene rings is 2. The third kappa shape index (κ3) is 7.94. The van der Waals surface area contributed by atoms with Crippen molar-refractivity contribution < 1.29 is 23.5 Å². The molecule has 2 aromatic carbocycles. The summed E-state index contributed by atoms with van der Waals surface area (Å²) in [5.41, 5.74) is 0.474. The van der Waals surface area contributed by atoms with E-state index in [2.05, 4.69) is 5.32 Å². The van der Waals surface area contributed by atoms with Crippen molar-refractivity contribution in [1.82, 2.24) is 5.32 Å². The van der Waals surface area contributed by atoms with Crippen molar-refractivity contribution in [2.75, 3.05) is 0 Å². The predicted octanol–water partition coefficient (Wildman–Crippen LogP) is 5.28. The highest BCUT2D eigenvalue weighted by atomic mass is 19.1. The van der Waals surface area contributed by atoms with E-state index in [1.807, 2.05) is 6.92 Å². The smallest absolute Gasteiger partial charge is 0.407 e. The number of carbonyl (C=O) groups is 2. The van der Waals surface area contributed by atoms with Crippen LogP contribution in [-0.4, -0.2) is 23.5 Å². The molecule has 0 aliphatic carbocycles. The average molecular weight is 401 g/mol. The van der Waals surface area contributed by atoms with Crippen LogP contribution in [0.4, 0.5) is 9.18 Å². The normalized spacial score (nSPS) is 12.2. The van der Waals surface area contributed by atoms with Gasteiger partial charge in [-0.15, -0.1) is 0 Å². The summed E-state index contributed by atoms with van der Waals surface area (Å²) in [4.78, 5) is 24.1. The van der Waals surface area contributed by atoms with Gasteiger partial charge >= 0.3 is 6.09 Å². The predicted molar refractivity (Wildman–Crippen MR) is 110 cm³/mol. The van der Waals surface area contributed by atoms with Crippen LogP contribution in [0.1, 0.15) is 56.5 Å². The second kappa shape index (κ2) is 10.0. The molecule has 0 spiro atoms. The molecule has 0 saturated carbocycles. The first-order valence-electron chi connectivity index (χ1n) is 9.63. The Balaban J connectivity index is 1.79. The number of carbonyl (C=O) groups excluding carboxylic acids is 2. The lowest BCUT2D eigenvalue weighted by Gasteiger charge is -2.21. The summed E-state index contributed by atoms with van der Waals surface area (Å²) < 4.78 is 24.4. The number of halogens is 1. The summed E-state index contributed by atoms with van der Waals surface area (Å²) >= 11 is 0. The molecule has 0 saturated heterocycles. The highest BCUT2D eigenvalue weighted by molar-refractivity contribution is 5.96. The quantitative estimate of drug-likeness (QED) is 0.611. The number of ether oxygens (including phenoxy) is 2. The molecular weight excluding hydrogens is 373 g/mol. The minimum absolute atomic E-state index is 0.0245. The van der Waals surface area contributed by atoms with Gasteiger partial charge in [0.05, 0.1) is 0 Å². The lowest BCUT2D eigenvalue weighted by molar-refractivity contribution is 0.0504. The third-order valence-corrected chi connectivity index (χ3v) is 4.10. The van der Waals surface area contributed by atoms with Gasteiger partial charge in [-0.2, -0.15) is 0 Å². The molecule has 156 valence electrons. The number of nitrogens with one attached hydrogen (secondary N) is 1. The fraction of sp³-hybridized carbons (Fsp3) is 0.391. The number of rotatable bonds is 8. The van der Waals surface area contributed by atoms with E-state index >= 15 is 0 Å². The Bertz CT molecular complexity index is 828. The maximum atomic E-state index is 13.6. The molecule has 29 heavy (non-hydrogen) atoms. The van der Waals surface area contributed by atoms with Gasteiger partial charge in [0.15, 0.2) is 5.78 Å². The van der Waals surface area contributed by atoms with E-state index in [-0.39, 0.29) is 24.2 Å². The molecular formula is C23H28FNO4. The summed E-state index contributed by atoms with van der Waals surface area (Å²) in [6, 6.07) is 13.0. The minimum Gasteiger partial charge on any atom is -0.489 e. The molecule has 0 aliphatic heterocycles. The van der Waals surface area contributed by atoms with E-state index in [9.17, 15) is 14.0 Å². The van der Waals surface area contributed by atoms with Crippen LogP contribution in [0.25, 0.3) is 0 Å². The maximum absolute atomic E-state index is 13.6. The Kier molecular flexibility index (Phi) is 7.76. The van der Waals surface area contributed by atoms with Crippen molar-refractivity contribution in [1.29, 1.82) is 0 Å². The molecule has 0 aliphatic rings. The van der Waals surface area contributed by atoms with E-state index < -0.39 is 11.7 Å². The number of alkyl carbamates (subject to hydrolysis) is 1. The van der Waals surface area contributed by atoms with Gasteiger partial charge in [0.1, 0.15) is 23.8 Å². The van der Waals surface area contributed by atoms with Gasteiger partial charge in [-0.05, 0) is 64.4 Å². The molecule has 0 radical (unpaired) electrons. The summed E-state index contributed by atoms with van der Waals surface area (Å²) in [7, 11) is 0. The zero-order valence-electron chi connectivity index (χ0n) is 17.3. The van der Waals surface area contributed by atoms with E-state index in [0.717, 1.165) is 0 Å². The second-order valence-corrected chi connectivity index (χ2v) is 7.91. The monoisotopic (exact) mass is 401 g/mol. The fourth-order valence-corrected chi connectivity index (χ4v) is 2.59. The molecule has 1 atom stereocenters. The SMILES string of the molecule is C[C@H](CCC(=O)c1ccc(OCc2ccccc2F)cc1)NC(=O)OC(C)(C)C. The summed E-state index contributed by atoms with van der Waals surface area (Å²) in [5.74, 6) is 0.224. The van der Waals surface area contributed by atoms with Crippen LogP contribution in [0.2, 0.25) is 0 Å². The first-order chi connectivity index (χ1) is 13.6. The number of hydrogen-bond donors (Lipinski definition) is 1. The third-order valence-electron chi connectivity index (χ3n) is 4.10. The number of ketones is 1. The molecule has 0 aromatic heterocycles. The Hall–Kier alpha value is -2.89. The molecule has 1 amide bonds. The summed E-state index contributed by atoms with van der Waals surface area (Å²) in [5, 5.41) is 2.73. The maximum Gasteiger partial charge on any atom is 0.407 e. The Labute approximate surface area is 171 Å². The number of hydrogen-bond acceptors (Lipinski definition) is 4. The largest absolute Gasteiger partial charge is 0.489 e. The van der Waals surface area contributed by atoms with Gasteiger partial charge < -0.3 is 14.8 Å². The molecule has 2 rings (SSSR count). The standard InChI is InChI=1S/C23H28FNO4/c1-16(25-22(27)29-23(2,3)4)9-14-21(26)17-10-12-19(13-11-17)28-15-18-7-5-6-8-20(18)24/h5-8,10-13,16H,9,14-15H2,1-4H3,(H,25,27)/t16-/m1/s1. The highest BCUT2D eigenvalue weighted by Crippen LogP contribution is 2.17. The lowest BCUT2D eigenvalue weighted by Crippen LogP contribution is -2.37. The minimum atomic E-state index is -0.560. The molecule has 1 N–H and O–H groups in total. The van der Waals surface area contributed by atoms with Crippen molar-refractivity contribution in [2.24, 2.45) is 0 Å². The van der Waals surface area contributed by atoms with E-state index in [1.165, 1.54) is 6.07 Å². The van der Waals surface area contributed by atoms with Crippen LogP contribution in [-0.2, 0) is 11.3 Å². The van der Waals surface area contributed by atoms with Gasteiger partial charge in [-0.1, -0.05) is 18.2 Å². The van der Waals surface area contributed by atoms with Crippen LogP contribution in [0, 0.1) is 5.82 Å². The summed E-state index contributed by atoms with van der Waals surface area (Å²) in [6.45, 7) is 7.34. The Morgan fingerprint density at radius 1 is 1.07 bits per heavy atom. The van der Waals surface area contributed by atoms with Crippen molar-refractivity contribution in [2.45, 2.75) is 58.8 Å². The van der Waals surface area contributed by atoms with Gasteiger partial charge in [-0.3, -0.25) is 4.79 Å². The average Bonchev–Trinajstić information content (AvgIpc) is 2.64. The lowest BCUT2D eigenvalue weighted by atomic mass is 10.0.